The molecule has 0 spiro atoms. The number of rotatable bonds is 3. The first-order valence-electron chi connectivity index (χ1n) is 8.14. The van der Waals surface area contributed by atoms with E-state index in [-0.39, 0.29) is 11.9 Å². The second-order valence-corrected chi connectivity index (χ2v) is 5.93. The maximum Gasteiger partial charge on any atom is 0.313 e. The fourth-order valence-electron chi connectivity index (χ4n) is 2.88. The van der Waals surface area contributed by atoms with Gasteiger partial charge in [0.05, 0.1) is 11.9 Å². The van der Waals surface area contributed by atoms with Crippen LogP contribution in [0.25, 0.3) is 0 Å². The van der Waals surface area contributed by atoms with Crippen LogP contribution in [-0.4, -0.2) is 35.9 Å². The van der Waals surface area contributed by atoms with Crippen molar-refractivity contribution in [1.82, 2.24) is 10.3 Å². The Morgan fingerprint density at radius 1 is 1.20 bits per heavy atom. The van der Waals surface area contributed by atoms with E-state index >= 15 is 0 Å². The Labute approximate surface area is 145 Å². The molecule has 1 unspecified atom stereocenters. The lowest BCUT2D eigenvalue weighted by molar-refractivity contribution is -0.136. The number of piperidine rings is 1. The Kier molecular flexibility index (Phi) is 5.23. The first kappa shape index (κ1) is 16.9. The zero-order valence-electron chi connectivity index (χ0n) is 13.6. The fraction of sp³-hybridized carbons (Fsp3) is 0.278. The maximum absolute atomic E-state index is 13.4. The summed E-state index contributed by atoms with van der Waals surface area (Å²) >= 11 is 0. The van der Waals surface area contributed by atoms with Gasteiger partial charge in [-0.15, -0.1) is 0 Å². The number of pyridine rings is 1. The van der Waals surface area contributed by atoms with Crippen molar-refractivity contribution >= 4 is 23.2 Å². The lowest BCUT2D eigenvalue weighted by Gasteiger charge is -2.34. The van der Waals surface area contributed by atoms with Gasteiger partial charge in [-0.25, -0.2) is 4.39 Å². The van der Waals surface area contributed by atoms with Crippen LogP contribution in [-0.2, 0) is 9.59 Å². The summed E-state index contributed by atoms with van der Waals surface area (Å²) in [7, 11) is 0. The summed E-state index contributed by atoms with van der Waals surface area (Å²) in [4.78, 5) is 29.9. The van der Waals surface area contributed by atoms with Crippen molar-refractivity contribution in [2.45, 2.75) is 18.9 Å². The average molecular weight is 342 g/mol. The number of hydrogen-bond donors (Lipinski definition) is 2. The van der Waals surface area contributed by atoms with Crippen molar-refractivity contribution in [3.63, 3.8) is 0 Å². The number of benzene rings is 1. The van der Waals surface area contributed by atoms with E-state index in [0.717, 1.165) is 25.1 Å². The molecule has 2 amide bonds. The molecule has 1 aliphatic rings. The molecule has 130 valence electrons. The molecule has 2 aromatic rings. The van der Waals surface area contributed by atoms with Gasteiger partial charge in [-0.1, -0.05) is 6.07 Å². The largest absolute Gasteiger partial charge is 0.369 e. The fourth-order valence-corrected chi connectivity index (χ4v) is 2.88. The maximum atomic E-state index is 13.4. The average Bonchev–Trinajstić information content (AvgIpc) is 2.63. The number of aromatic nitrogens is 1. The standard InChI is InChI=1S/C18H19FN4O2/c19-13-4-1-7-16(10-13)23-9-3-6-15(12-23)22-18(25)17(24)21-14-5-2-8-20-11-14/h1-2,4-5,7-8,10-11,15H,3,6,9,12H2,(H,21,24)(H,22,25). The summed E-state index contributed by atoms with van der Waals surface area (Å²) in [5, 5.41) is 5.25. The van der Waals surface area contributed by atoms with Gasteiger partial charge in [-0.2, -0.15) is 0 Å². The highest BCUT2D eigenvalue weighted by Gasteiger charge is 2.24. The number of nitrogens with zero attached hydrogens (tertiary/aromatic N) is 2. The van der Waals surface area contributed by atoms with Crippen LogP contribution in [0.15, 0.2) is 48.8 Å². The van der Waals surface area contributed by atoms with Crippen molar-refractivity contribution in [2.24, 2.45) is 0 Å². The Hall–Kier alpha value is -2.96. The highest BCUT2D eigenvalue weighted by atomic mass is 19.1. The van der Waals surface area contributed by atoms with Crippen LogP contribution >= 0.6 is 0 Å². The van der Waals surface area contributed by atoms with Gasteiger partial charge >= 0.3 is 11.8 Å². The van der Waals surface area contributed by atoms with Gasteiger partial charge in [0.1, 0.15) is 5.82 Å². The normalized spacial score (nSPS) is 17.0. The zero-order valence-corrected chi connectivity index (χ0v) is 13.6. The minimum absolute atomic E-state index is 0.163. The molecule has 7 heteroatoms. The van der Waals surface area contributed by atoms with E-state index in [1.54, 1.807) is 24.4 Å². The molecule has 1 aliphatic heterocycles. The van der Waals surface area contributed by atoms with E-state index in [9.17, 15) is 14.0 Å². The molecule has 1 saturated heterocycles. The van der Waals surface area contributed by atoms with Crippen molar-refractivity contribution in [3.05, 3.63) is 54.6 Å². The van der Waals surface area contributed by atoms with E-state index < -0.39 is 11.8 Å². The first-order chi connectivity index (χ1) is 12.1. The molecule has 3 rings (SSSR count). The quantitative estimate of drug-likeness (QED) is 0.836. The molecule has 0 saturated carbocycles. The van der Waals surface area contributed by atoms with Gasteiger partial charge in [0.15, 0.2) is 0 Å². The monoisotopic (exact) mass is 342 g/mol. The summed E-state index contributed by atoms with van der Waals surface area (Å²) in [6.07, 6.45) is 4.68. The topological polar surface area (TPSA) is 74.3 Å². The molecule has 0 radical (unpaired) electrons. The molecule has 1 aromatic carbocycles. The molecule has 0 bridgehead atoms. The van der Waals surface area contributed by atoms with Crippen LogP contribution in [0.1, 0.15) is 12.8 Å². The lowest BCUT2D eigenvalue weighted by atomic mass is 10.0. The van der Waals surface area contributed by atoms with Gasteiger partial charge < -0.3 is 15.5 Å². The van der Waals surface area contributed by atoms with E-state index in [0.29, 0.717) is 12.2 Å². The minimum atomic E-state index is -0.726. The Balaban J connectivity index is 1.57. The minimum Gasteiger partial charge on any atom is -0.369 e. The SMILES string of the molecule is O=C(Nc1cccnc1)C(=O)NC1CCCN(c2cccc(F)c2)C1. The Bertz CT molecular complexity index is 754. The summed E-state index contributed by atoms with van der Waals surface area (Å²) in [6, 6.07) is 9.53. The van der Waals surface area contributed by atoms with E-state index in [1.165, 1.54) is 18.3 Å². The van der Waals surface area contributed by atoms with Gasteiger partial charge in [-0.3, -0.25) is 14.6 Å². The van der Waals surface area contributed by atoms with Crippen LogP contribution in [0, 0.1) is 5.82 Å². The third kappa shape index (κ3) is 4.53. The second kappa shape index (κ2) is 7.74. The van der Waals surface area contributed by atoms with Crippen LogP contribution in [0.5, 0.6) is 0 Å². The lowest BCUT2D eigenvalue weighted by Crippen LogP contribution is -2.50. The van der Waals surface area contributed by atoms with E-state index in [4.69, 9.17) is 0 Å². The van der Waals surface area contributed by atoms with Gasteiger partial charge in [0, 0.05) is 31.0 Å². The third-order valence-electron chi connectivity index (χ3n) is 4.06. The van der Waals surface area contributed by atoms with Crippen LogP contribution in [0.3, 0.4) is 0 Å². The first-order valence-corrected chi connectivity index (χ1v) is 8.14. The van der Waals surface area contributed by atoms with Crippen LogP contribution < -0.4 is 15.5 Å². The number of carbonyl (C=O) groups is 2. The zero-order chi connectivity index (χ0) is 17.6. The Morgan fingerprint density at radius 2 is 2.08 bits per heavy atom. The van der Waals surface area contributed by atoms with Crippen molar-refractivity contribution in [2.75, 3.05) is 23.3 Å². The third-order valence-corrected chi connectivity index (χ3v) is 4.06. The van der Waals surface area contributed by atoms with E-state index in [2.05, 4.69) is 15.6 Å². The highest BCUT2D eigenvalue weighted by Crippen LogP contribution is 2.20. The molecule has 1 aromatic heterocycles. The number of amides is 2. The number of carbonyl (C=O) groups excluding carboxylic acids is 2. The molecular formula is C18H19FN4O2. The van der Waals surface area contributed by atoms with Crippen LogP contribution in [0.2, 0.25) is 0 Å². The molecule has 0 aliphatic carbocycles. The summed E-state index contributed by atoms with van der Waals surface area (Å²) < 4.78 is 13.4. The molecular weight excluding hydrogens is 323 g/mol. The van der Waals surface area contributed by atoms with Crippen molar-refractivity contribution in [1.29, 1.82) is 0 Å². The molecule has 1 fully saturated rings. The number of nitrogens with one attached hydrogen (secondary N) is 2. The highest BCUT2D eigenvalue weighted by molar-refractivity contribution is 6.39. The van der Waals surface area contributed by atoms with Gasteiger partial charge in [0.2, 0.25) is 0 Å². The molecule has 1 atom stereocenters. The molecule has 25 heavy (non-hydrogen) atoms. The molecule has 6 nitrogen and oxygen atoms in total. The van der Waals surface area contributed by atoms with Crippen LogP contribution in [0.4, 0.5) is 15.8 Å². The number of hydrogen-bond acceptors (Lipinski definition) is 4. The predicted octanol–water partition coefficient (Wildman–Crippen LogP) is 1.94. The van der Waals surface area contributed by atoms with E-state index in [1.807, 2.05) is 11.0 Å². The summed E-state index contributed by atoms with van der Waals surface area (Å²) in [5.74, 6) is -1.70. The predicted molar refractivity (Wildman–Crippen MR) is 92.6 cm³/mol. The van der Waals surface area contributed by atoms with Gasteiger partial charge in [0.25, 0.3) is 0 Å². The Morgan fingerprint density at radius 3 is 2.84 bits per heavy atom. The second-order valence-electron chi connectivity index (χ2n) is 5.93. The molecule has 2 heterocycles. The smallest absolute Gasteiger partial charge is 0.313 e. The summed E-state index contributed by atoms with van der Waals surface area (Å²) in [6.45, 7) is 1.33. The number of anilines is 2. The van der Waals surface area contributed by atoms with Crippen molar-refractivity contribution in [3.8, 4) is 0 Å². The summed E-state index contributed by atoms with van der Waals surface area (Å²) in [5.41, 5.74) is 1.24. The van der Waals surface area contributed by atoms with Crippen molar-refractivity contribution < 1.29 is 14.0 Å². The van der Waals surface area contributed by atoms with Gasteiger partial charge in [-0.05, 0) is 43.2 Å². The number of halogens is 1. The molecule has 2 N–H and O–H groups in total.